The molecule has 0 aliphatic carbocycles. The van der Waals surface area contributed by atoms with E-state index in [9.17, 15) is 57.8 Å². The fourth-order valence-corrected chi connectivity index (χ4v) is 12.2. The number of hydrogen-bond acceptors (Lipinski definition) is 11. The van der Waals surface area contributed by atoms with Gasteiger partial charge < -0.3 is 20.8 Å². The third-order valence-corrected chi connectivity index (χ3v) is 14.9. The maximum absolute atomic E-state index is 14.2. The van der Waals surface area contributed by atoms with Crippen LogP contribution in [-0.2, 0) is 40.3 Å². The summed E-state index contributed by atoms with van der Waals surface area (Å²) in [6, 6.07) is 16.7. The fraction of sp³-hybridized carbons (Fsp3) is 0.0571. The minimum atomic E-state index is -5.07. The Morgan fingerprint density at radius 2 is 0.946 bits per heavy atom. The van der Waals surface area contributed by atoms with Crippen LogP contribution in [0.3, 0.4) is 0 Å². The molecule has 288 valence electrons. The maximum Gasteiger partial charge on any atom is 0.323 e. The Bertz CT molecular complexity index is 3050. The van der Waals surface area contributed by atoms with Gasteiger partial charge in [0.05, 0.1) is 34.1 Å². The lowest BCUT2D eigenvalue weighted by atomic mass is 10.1. The molecule has 56 heavy (non-hydrogen) atoms. The van der Waals surface area contributed by atoms with Crippen molar-refractivity contribution in [3.8, 4) is 11.5 Å². The molecule has 0 fully saturated rings. The number of phenolic OH excluding ortho intramolecular Hbond substituents is 2. The maximum atomic E-state index is 14.2. The van der Waals surface area contributed by atoms with Crippen LogP contribution in [0.1, 0.15) is 11.1 Å². The van der Waals surface area contributed by atoms with Crippen molar-refractivity contribution in [1.82, 2.24) is 0 Å². The molecule has 0 spiro atoms. The van der Waals surface area contributed by atoms with Crippen molar-refractivity contribution >= 4 is 102 Å². The van der Waals surface area contributed by atoms with Crippen molar-refractivity contribution in [2.75, 3.05) is 19.2 Å². The second-order valence-electron chi connectivity index (χ2n) is 12.8. The molecular weight excluding hydrogens is 813 g/mol. The average molecular weight is 839 g/mol. The number of sulfonamides is 2. The molecule has 6 aromatic rings. The van der Waals surface area contributed by atoms with E-state index in [-0.39, 0.29) is 55.4 Å². The quantitative estimate of drug-likeness (QED) is 0.108. The van der Waals surface area contributed by atoms with E-state index < -0.39 is 88.8 Å². The molecule has 6 aromatic carbocycles. The van der Waals surface area contributed by atoms with E-state index in [0.717, 1.165) is 24.3 Å². The summed E-state index contributed by atoms with van der Waals surface area (Å²) in [6.07, 6.45) is 0. The number of amides is 2. The summed E-state index contributed by atoms with van der Waals surface area (Å²) in [5.74, 6) is -0.966. The van der Waals surface area contributed by atoms with E-state index in [1.165, 1.54) is 74.5 Å². The number of carbonyl (C=O) groups is 1. The number of fused-ring (bicyclic) bond motifs is 8. The Morgan fingerprint density at radius 1 is 0.571 bits per heavy atom. The van der Waals surface area contributed by atoms with E-state index in [1.54, 1.807) is 0 Å². The molecule has 0 saturated heterocycles. The molecule has 4 bridgehead atoms. The highest BCUT2D eigenvalue weighted by atomic mass is 32.2. The first kappa shape index (κ1) is 37.0. The monoisotopic (exact) mass is 838 g/mol. The molecule has 4 heterocycles. The lowest BCUT2D eigenvalue weighted by Crippen LogP contribution is -2.36. The number of aromatic hydroxyl groups is 2. The third-order valence-electron chi connectivity index (χ3n) is 9.63. The molecule has 0 radical (unpaired) electrons. The lowest BCUT2D eigenvalue weighted by Gasteiger charge is -2.35. The minimum absolute atomic E-state index is 0.103. The summed E-state index contributed by atoms with van der Waals surface area (Å²) in [6.45, 7) is 2.84. The van der Waals surface area contributed by atoms with Gasteiger partial charge in [0.25, 0.3) is 40.3 Å². The molecule has 0 aromatic heterocycles. The van der Waals surface area contributed by atoms with E-state index >= 15 is 0 Å². The first-order chi connectivity index (χ1) is 26.2. The van der Waals surface area contributed by atoms with Gasteiger partial charge in [0.1, 0.15) is 31.1 Å². The van der Waals surface area contributed by atoms with Crippen LogP contribution in [0.2, 0.25) is 0 Å². The number of benzene rings is 6. The first-order valence-electron chi connectivity index (χ1n) is 16.1. The molecule has 2 amide bonds. The van der Waals surface area contributed by atoms with E-state index in [1.807, 2.05) is 0 Å². The molecule has 4 aliphatic heterocycles. The van der Waals surface area contributed by atoms with Gasteiger partial charge in [-0.2, -0.15) is 16.8 Å². The fourth-order valence-electron chi connectivity index (χ4n) is 7.19. The molecule has 17 nitrogen and oxygen atoms in total. The van der Waals surface area contributed by atoms with Crippen molar-refractivity contribution in [2.24, 2.45) is 0 Å². The Morgan fingerprint density at radius 3 is 1.30 bits per heavy atom. The first-order valence-corrected chi connectivity index (χ1v) is 21.8. The van der Waals surface area contributed by atoms with Crippen LogP contribution in [0, 0.1) is 13.8 Å². The number of hydrogen-bond donors (Lipinski definition) is 6. The van der Waals surface area contributed by atoms with Crippen LogP contribution in [0.4, 0.5) is 38.9 Å². The van der Waals surface area contributed by atoms with Crippen LogP contribution in [-0.4, -0.2) is 59.0 Å². The predicted molar refractivity (Wildman–Crippen MR) is 205 cm³/mol. The van der Waals surface area contributed by atoms with E-state index in [4.69, 9.17) is 0 Å². The van der Waals surface area contributed by atoms with Crippen molar-refractivity contribution in [3.63, 3.8) is 0 Å². The molecule has 0 saturated carbocycles. The standard InChI is InChI=1S/C35H26N4O13S4/c1-17-21-11-15-25(53(43,44)38(21)33-27(55(47,48)49)13-9-19-5-3-7-23(40)29(19)33)31(17)36-35(42)37-32-18(2)22-12-16-26(32)54(45,46)39(22)34-28(56(50,51)52)14-10-20-6-4-8-24(41)30(20)34/h3-16,40-41H,1-2H3,(H2,36,37,42)(H,47,48,49)(H,50,51,52). The minimum Gasteiger partial charge on any atom is -0.507 e. The van der Waals surface area contributed by atoms with Crippen molar-refractivity contribution in [2.45, 2.75) is 33.4 Å². The summed E-state index contributed by atoms with van der Waals surface area (Å²) in [7, 11) is -19.7. The summed E-state index contributed by atoms with van der Waals surface area (Å²) >= 11 is 0. The Balaban J connectivity index is 1.21. The lowest BCUT2D eigenvalue weighted by molar-refractivity contribution is 0.262. The second-order valence-corrected chi connectivity index (χ2v) is 19.1. The highest BCUT2D eigenvalue weighted by Gasteiger charge is 2.43. The van der Waals surface area contributed by atoms with Crippen molar-refractivity contribution in [1.29, 1.82) is 0 Å². The molecule has 4 aliphatic rings. The summed E-state index contributed by atoms with van der Waals surface area (Å²) in [5.41, 5.74) is -1.73. The number of carbonyl (C=O) groups excluding carboxylic acids is 1. The van der Waals surface area contributed by atoms with Gasteiger partial charge >= 0.3 is 6.03 Å². The Labute approximate surface area is 318 Å². The van der Waals surface area contributed by atoms with Gasteiger partial charge in [0.15, 0.2) is 0 Å². The SMILES string of the molecule is Cc1c2ccc(c1NC(=O)Nc1c3ccc(c1C)N(c1c(S(=O)(=O)O)ccc4cccc(O)c14)S3(=O)=O)S(=O)(=O)N2c1c(S(=O)(=O)O)ccc2cccc(O)c12. The zero-order chi connectivity index (χ0) is 40.4. The predicted octanol–water partition coefficient (Wildman–Crippen LogP) is 5.84. The van der Waals surface area contributed by atoms with Crippen LogP contribution < -0.4 is 19.2 Å². The van der Waals surface area contributed by atoms with Gasteiger partial charge in [-0.05, 0) is 84.3 Å². The molecule has 21 heteroatoms. The van der Waals surface area contributed by atoms with E-state index in [0.29, 0.717) is 8.61 Å². The summed E-state index contributed by atoms with van der Waals surface area (Å²) in [4.78, 5) is 11.0. The topological polar surface area (TPSA) is 265 Å². The Hall–Kier alpha value is -5.97. The van der Waals surface area contributed by atoms with Gasteiger partial charge in [-0.3, -0.25) is 9.11 Å². The number of rotatable bonds is 6. The molecular formula is C35H26N4O13S4. The average Bonchev–Trinajstić information content (AvgIpc) is 3.09. The second kappa shape index (κ2) is 12.0. The number of nitrogens with one attached hydrogen (secondary N) is 2. The number of urea groups is 1. The van der Waals surface area contributed by atoms with Crippen LogP contribution in [0.5, 0.6) is 11.5 Å². The largest absolute Gasteiger partial charge is 0.507 e. The zero-order valence-corrected chi connectivity index (χ0v) is 31.8. The number of anilines is 6. The van der Waals surface area contributed by atoms with E-state index in [2.05, 4.69) is 10.6 Å². The number of nitrogens with zero attached hydrogens (tertiary/aromatic N) is 2. The molecule has 6 N–H and O–H groups in total. The smallest absolute Gasteiger partial charge is 0.323 e. The zero-order valence-electron chi connectivity index (χ0n) is 28.6. The van der Waals surface area contributed by atoms with Crippen LogP contribution in [0.25, 0.3) is 21.5 Å². The van der Waals surface area contributed by atoms with Gasteiger partial charge in [0.2, 0.25) is 0 Å². The number of phenols is 2. The third kappa shape index (κ3) is 5.27. The van der Waals surface area contributed by atoms with Crippen LogP contribution >= 0.6 is 0 Å². The van der Waals surface area contributed by atoms with Gasteiger partial charge in [-0.15, -0.1) is 0 Å². The van der Waals surface area contributed by atoms with Crippen molar-refractivity contribution < 1.29 is 57.8 Å². The van der Waals surface area contributed by atoms with Gasteiger partial charge in [0, 0.05) is 10.8 Å². The van der Waals surface area contributed by atoms with Gasteiger partial charge in [-0.25, -0.2) is 30.2 Å². The van der Waals surface area contributed by atoms with Crippen molar-refractivity contribution in [3.05, 3.63) is 96.1 Å². The molecule has 0 unspecified atom stereocenters. The van der Waals surface area contributed by atoms with Crippen LogP contribution in [0.15, 0.2) is 105 Å². The van der Waals surface area contributed by atoms with Gasteiger partial charge in [-0.1, -0.05) is 36.4 Å². The molecule has 10 rings (SSSR count). The Kier molecular flexibility index (Phi) is 7.93. The normalized spacial score (nSPS) is 15.4. The highest BCUT2D eigenvalue weighted by Crippen LogP contribution is 2.53. The summed E-state index contributed by atoms with van der Waals surface area (Å²) in [5, 5.41) is 26.5. The summed E-state index contributed by atoms with van der Waals surface area (Å²) < 4.78 is 129. The highest BCUT2D eigenvalue weighted by molar-refractivity contribution is 7.94. The molecule has 0 atom stereocenters.